The van der Waals surface area contributed by atoms with Crippen LogP contribution in [0.15, 0.2) is 47.4 Å². The second kappa shape index (κ2) is 10.8. The first-order valence-electron chi connectivity index (χ1n) is 10.9. The van der Waals surface area contributed by atoms with Gasteiger partial charge in [0.15, 0.2) is 0 Å². The quantitative estimate of drug-likeness (QED) is 0.570. The zero-order valence-electron chi connectivity index (χ0n) is 19.1. The molecular formula is C23H30N4O5S. The smallest absolute Gasteiger partial charge is 0.319 e. The number of nitrogens with one attached hydrogen (secondary N) is 3. The molecule has 1 fully saturated rings. The number of hydrogen-bond donors (Lipinski definition) is 3. The van der Waals surface area contributed by atoms with E-state index >= 15 is 0 Å². The first kappa shape index (κ1) is 24.7. The molecule has 9 nitrogen and oxygen atoms in total. The molecule has 178 valence electrons. The van der Waals surface area contributed by atoms with Crippen molar-refractivity contribution < 1.29 is 22.7 Å². The minimum absolute atomic E-state index is 0.0457. The molecular weight excluding hydrogens is 444 g/mol. The van der Waals surface area contributed by atoms with Gasteiger partial charge in [-0.15, -0.1) is 0 Å². The largest absolute Gasteiger partial charge is 0.379 e. The van der Waals surface area contributed by atoms with E-state index in [1.807, 2.05) is 20.8 Å². The van der Waals surface area contributed by atoms with Gasteiger partial charge in [0.05, 0.1) is 29.5 Å². The lowest BCUT2D eigenvalue weighted by molar-refractivity contribution is 0.0730. The Hall–Kier alpha value is -2.95. The van der Waals surface area contributed by atoms with Crippen LogP contribution in [0.2, 0.25) is 0 Å². The number of aryl methyl sites for hydroxylation is 1. The van der Waals surface area contributed by atoms with Crippen molar-refractivity contribution in [1.82, 2.24) is 9.62 Å². The fourth-order valence-electron chi connectivity index (χ4n) is 3.47. The number of rotatable bonds is 7. The first-order chi connectivity index (χ1) is 15.7. The van der Waals surface area contributed by atoms with Gasteiger partial charge in [-0.1, -0.05) is 25.1 Å². The summed E-state index contributed by atoms with van der Waals surface area (Å²) in [6, 6.07) is 11.1. The summed E-state index contributed by atoms with van der Waals surface area (Å²) in [5.74, 6) is -0.477. The highest BCUT2D eigenvalue weighted by molar-refractivity contribution is 7.89. The first-order valence-corrected chi connectivity index (χ1v) is 12.3. The number of carbonyl (C=O) groups excluding carboxylic acids is 2. The minimum atomic E-state index is -3.76. The van der Waals surface area contributed by atoms with E-state index < -0.39 is 22.0 Å². The van der Waals surface area contributed by atoms with Gasteiger partial charge in [0.2, 0.25) is 10.0 Å². The summed E-state index contributed by atoms with van der Waals surface area (Å²) in [6.07, 6.45) is 0.512. The second-order valence-electron chi connectivity index (χ2n) is 7.95. The average Bonchev–Trinajstić information content (AvgIpc) is 2.80. The number of hydrogen-bond acceptors (Lipinski definition) is 5. The van der Waals surface area contributed by atoms with Gasteiger partial charge in [-0.3, -0.25) is 4.79 Å². The van der Waals surface area contributed by atoms with Crippen LogP contribution in [0.3, 0.4) is 0 Å². The molecule has 1 saturated heterocycles. The highest BCUT2D eigenvalue weighted by Gasteiger charge is 2.29. The molecule has 1 heterocycles. The molecule has 33 heavy (non-hydrogen) atoms. The Morgan fingerprint density at radius 2 is 1.67 bits per heavy atom. The van der Waals surface area contributed by atoms with Gasteiger partial charge < -0.3 is 20.7 Å². The normalized spacial score (nSPS) is 14.7. The minimum Gasteiger partial charge on any atom is -0.379 e. The molecule has 0 saturated carbocycles. The summed E-state index contributed by atoms with van der Waals surface area (Å²) in [5.41, 5.74) is 1.68. The molecule has 2 aromatic rings. The predicted octanol–water partition coefficient (Wildman–Crippen LogP) is 3.05. The van der Waals surface area contributed by atoms with Crippen molar-refractivity contribution in [3.63, 3.8) is 0 Å². The van der Waals surface area contributed by atoms with Crippen LogP contribution < -0.4 is 16.0 Å². The van der Waals surface area contributed by atoms with Gasteiger partial charge in [-0.05, 0) is 50.1 Å². The van der Waals surface area contributed by atoms with Crippen LogP contribution in [0.5, 0.6) is 0 Å². The second-order valence-corrected chi connectivity index (χ2v) is 9.85. The average molecular weight is 475 g/mol. The van der Waals surface area contributed by atoms with E-state index in [1.165, 1.54) is 10.4 Å². The van der Waals surface area contributed by atoms with Crippen molar-refractivity contribution in [3.05, 3.63) is 53.6 Å². The maximum absolute atomic E-state index is 13.2. The van der Waals surface area contributed by atoms with Crippen molar-refractivity contribution in [3.8, 4) is 0 Å². The summed E-state index contributed by atoms with van der Waals surface area (Å²) in [5, 5.41) is 8.22. The lowest BCUT2D eigenvalue weighted by Gasteiger charge is -2.27. The Labute approximate surface area is 194 Å². The van der Waals surface area contributed by atoms with Crippen molar-refractivity contribution in [2.75, 3.05) is 36.9 Å². The molecule has 10 heteroatoms. The number of ether oxygens (including phenoxy) is 1. The zero-order chi connectivity index (χ0) is 24.0. The molecule has 3 rings (SSSR count). The fraction of sp³-hybridized carbons (Fsp3) is 0.391. The van der Waals surface area contributed by atoms with Crippen LogP contribution in [-0.2, 0) is 21.2 Å². The molecule has 0 aliphatic carbocycles. The monoisotopic (exact) mass is 474 g/mol. The maximum Gasteiger partial charge on any atom is 0.319 e. The Balaban J connectivity index is 1.86. The third kappa shape index (κ3) is 6.10. The third-order valence-corrected chi connectivity index (χ3v) is 7.12. The van der Waals surface area contributed by atoms with Crippen molar-refractivity contribution in [2.45, 2.75) is 38.1 Å². The number of nitrogens with zero attached hydrogens (tertiary/aromatic N) is 1. The Bertz CT molecular complexity index is 1110. The SMILES string of the molecule is CCc1ccc(C(=O)Nc2ccccc2NC(=O)NC(C)C)cc1S(=O)(=O)N1CCOCC1. The fourth-order valence-corrected chi connectivity index (χ4v) is 5.20. The van der Waals surface area contributed by atoms with Crippen LogP contribution in [0.25, 0.3) is 0 Å². The molecule has 3 N–H and O–H groups in total. The molecule has 0 aromatic heterocycles. The van der Waals surface area contributed by atoms with Crippen LogP contribution >= 0.6 is 0 Å². The van der Waals surface area contributed by atoms with Crippen LogP contribution in [-0.4, -0.2) is 57.0 Å². The third-order valence-electron chi connectivity index (χ3n) is 5.14. The molecule has 1 aliphatic rings. The van der Waals surface area contributed by atoms with Crippen molar-refractivity contribution in [2.24, 2.45) is 0 Å². The van der Waals surface area contributed by atoms with E-state index in [9.17, 15) is 18.0 Å². The summed E-state index contributed by atoms with van der Waals surface area (Å²) < 4.78 is 33.2. The van der Waals surface area contributed by atoms with Crippen LogP contribution in [0.1, 0.15) is 36.7 Å². The van der Waals surface area contributed by atoms with Gasteiger partial charge in [0, 0.05) is 24.7 Å². The van der Waals surface area contributed by atoms with Gasteiger partial charge in [-0.25, -0.2) is 13.2 Å². The Kier molecular flexibility index (Phi) is 8.06. The van der Waals surface area contributed by atoms with E-state index in [-0.39, 0.29) is 29.6 Å². The number of morpholine rings is 1. The highest BCUT2D eigenvalue weighted by atomic mass is 32.2. The van der Waals surface area contributed by atoms with E-state index in [2.05, 4.69) is 16.0 Å². The summed E-state index contributed by atoms with van der Waals surface area (Å²) in [7, 11) is -3.76. The topological polar surface area (TPSA) is 117 Å². The summed E-state index contributed by atoms with van der Waals surface area (Å²) >= 11 is 0. The Morgan fingerprint density at radius 1 is 1.03 bits per heavy atom. The van der Waals surface area contributed by atoms with E-state index in [1.54, 1.807) is 36.4 Å². The summed E-state index contributed by atoms with van der Waals surface area (Å²) in [4.78, 5) is 25.2. The molecule has 0 spiro atoms. The number of carbonyl (C=O) groups is 2. The van der Waals surface area contributed by atoms with Crippen molar-refractivity contribution in [1.29, 1.82) is 0 Å². The number of urea groups is 1. The summed E-state index contributed by atoms with van der Waals surface area (Å²) in [6.45, 7) is 6.80. The number of amides is 3. The highest BCUT2D eigenvalue weighted by Crippen LogP contribution is 2.25. The number of anilines is 2. The van der Waals surface area contributed by atoms with Gasteiger partial charge in [0.1, 0.15) is 0 Å². The lowest BCUT2D eigenvalue weighted by atomic mass is 10.1. The van der Waals surface area contributed by atoms with Crippen LogP contribution in [0.4, 0.5) is 16.2 Å². The molecule has 0 radical (unpaired) electrons. The number of para-hydroxylation sites is 2. The predicted molar refractivity (Wildman–Crippen MR) is 127 cm³/mol. The molecule has 0 atom stereocenters. The van der Waals surface area contributed by atoms with Gasteiger partial charge in [0.25, 0.3) is 5.91 Å². The van der Waals surface area contributed by atoms with E-state index in [0.717, 1.165) is 0 Å². The van der Waals surface area contributed by atoms with Gasteiger partial charge in [-0.2, -0.15) is 4.31 Å². The van der Waals surface area contributed by atoms with E-state index in [0.29, 0.717) is 36.6 Å². The molecule has 2 aromatic carbocycles. The standard InChI is InChI=1S/C23H30N4O5S/c1-4-17-9-10-18(15-21(17)33(30,31)27-11-13-32-14-12-27)22(28)25-19-7-5-6-8-20(19)26-23(29)24-16(2)3/h5-10,15-16H,4,11-14H2,1-3H3,(H,25,28)(H2,24,26,29). The van der Waals surface area contributed by atoms with Crippen LogP contribution in [0, 0.1) is 0 Å². The van der Waals surface area contributed by atoms with Crippen molar-refractivity contribution >= 4 is 33.3 Å². The maximum atomic E-state index is 13.2. The molecule has 3 amide bonds. The number of benzene rings is 2. The molecule has 0 bridgehead atoms. The number of sulfonamides is 1. The zero-order valence-corrected chi connectivity index (χ0v) is 19.9. The lowest BCUT2D eigenvalue weighted by Crippen LogP contribution is -2.41. The molecule has 0 unspecified atom stereocenters. The van der Waals surface area contributed by atoms with Gasteiger partial charge >= 0.3 is 6.03 Å². The molecule has 1 aliphatic heterocycles. The Morgan fingerprint density at radius 3 is 2.27 bits per heavy atom. The van der Waals surface area contributed by atoms with E-state index in [4.69, 9.17) is 4.74 Å².